The van der Waals surface area contributed by atoms with Crippen LogP contribution in [-0.4, -0.2) is 29.3 Å². The molecule has 126 valence electrons. The molecule has 1 aliphatic rings. The van der Waals surface area contributed by atoms with Gasteiger partial charge in [-0.3, -0.25) is 9.59 Å². The van der Waals surface area contributed by atoms with Crippen LogP contribution in [0, 0.1) is 5.92 Å². The molecule has 1 atom stereocenters. The van der Waals surface area contributed by atoms with E-state index in [-0.39, 0.29) is 17.7 Å². The Kier molecular flexibility index (Phi) is 5.00. The van der Waals surface area contributed by atoms with Crippen LogP contribution in [0.3, 0.4) is 0 Å². The highest BCUT2D eigenvalue weighted by atomic mass is 32.1. The zero-order valence-corrected chi connectivity index (χ0v) is 14.8. The lowest BCUT2D eigenvalue weighted by Gasteiger charge is -2.32. The van der Waals surface area contributed by atoms with Crippen molar-refractivity contribution in [3.05, 3.63) is 57.8 Å². The van der Waals surface area contributed by atoms with Crippen LogP contribution < -0.4 is 5.32 Å². The van der Waals surface area contributed by atoms with Gasteiger partial charge < -0.3 is 10.2 Å². The molecule has 2 heterocycles. The topological polar surface area (TPSA) is 49.4 Å². The van der Waals surface area contributed by atoms with Gasteiger partial charge in [-0.25, -0.2) is 0 Å². The predicted molar refractivity (Wildman–Crippen MR) is 96.0 cm³/mol. The molecule has 0 fully saturated rings. The number of nitrogens with zero attached hydrogens (tertiary/aromatic N) is 1. The highest BCUT2D eigenvalue weighted by Gasteiger charge is 2.31. The maximum atomic E-state index is 13.0. The van der Waals surface area contributed by atoms with Gasteiger partial charge in [-0.2, -0.15) is 0 Å². The van der Waals surface area contributed by atoms with Crippen LogP contribution in [-0.2, 0) is 17.8 Å². The number of thiophene rings is 1. The number of nitrogens with one attached hydrogen (secondary N) is 1. The molecule has 0 saturated heterocycles. The summed E-state index contributed by atoms with van der Waals surface area (Å²) in [6.07, 6.45) is 0.899. The maximum absolute atomic E-state index is 13.0. The largest absolute Gasteiger partial charge is 0.340 e. The fourth-order valence-corrected chi connectivity index (χ4v) is 3.85. The second-order valence-electron chi connectivity index (χ2n) is 6.44. The monoisotopic (exact) mass is 342 g/mol. The third kappa shape index (κ3) is 3.51. The molecule has 0 spiro atoms. The van der Waals surface area contributed by atoms with E-state index >= 15 is 0 Å². The number of fused-ring (bicyclic) bond motifs is 1. The van der Waals surface area contributed by atoms with E-state index in [0.717, 1.165) is 13.0 Å². The Morgan fingerprint density at radius 3 is 2.62 bits per heavy atom. The molecule has 0 saturated carbocycles. The quantitative estimate of drug-likeness (QED) is 0.928. The van der Waals surface area contributed by atoms with E-state index in [4.69, 9.17) is 0 Å². The fraction of sp³-hybridized carbons (Fsp3) is 0.368. The van der Waals surface area contributed by atoms with E-state index in [2.05, 4.69) is 16.8 Å². The number of carbonyl (C=O) groups is 2. The van der Waals surface area contributed by atoms with E-state index in [1.54, 1.807) is 23.5 Å². The molecule has 0 radical (unpaired) electrons. The summed E-state index contributed by atoms with van der Waals surface area (Å²) in [5.74, 6) is -0.156. The van der Waals surface area contributed by atoms with E-state index < -0.39 is 6.04 Å². The highest BCUT2D eigenvalue weighted by molar-refractivity contribution is 7.10. The Morgan fingerprint density at radius 1 is 1.17 bits per heavy atom. The molecule has 24 heavy (non-hydrogen) atoms. The third-order valence-electron chi connectivity index (χ3n) is 4.37. The Labute approximate surface area is 146 Å². The van der Waals surface area contributed by atoms with Crippen LogP contribution in [0.5, 0.6) is 0 Å². The Balaban J connectivity index is 1.71. The first kappa shape index (κ1) is 16.7. The number of carbonyl (C=O) groups excluding carboxylic acids is 2. The van der Waals surface area contributed by atoms with Gasteiger partial charge in [0.05, 0.1) is 0 Å². The second kappa shape index (κ2) is 7.18. The molecule has 1 aromatic carbocycles. The summed E-state index contributed by atoms with van der Waals surface area (Å²) < 4.78 is 0. The van der Waals surface area contributed by atoms with Crippen LogP contribution in [0.2, 0.25) is 0 Å². The van der Waals surface area contributed by atoms with Crippen molar-refractivity contribution in [3.63, 3.8) is 0 Å². The first-order valence-electron chi connectivity index (χ1n) is 8.26. The summed E-state index contributed by atoms with van der Waals surface area (Å²) in [5, 5.41) is 5.00. The van der Waals surface area contributed by atoms with Crippen LogP contribution in [0.25, 0.3) is 0 Å². The summed E-state index contributed by atoms with van der Waals surface area (Å²) in [5.41, 5.74) is 1.81. The minimum Gasteiger partial charge on any atom is -0.340 e. The average Bonchev–Trinajstić information content (AvgIpc) is 3.07. The first-order valence-corrected chi connectivity index (χ1v) is 9.14. The number of benzene rings is 1. The molecule has 1 N–H and O–H groups in total. The van der Waals surface area contributed by atoms with Gasteiger partial charge in [0.25, 0.3) is 5.91 Å². The molecule has 2 amide bonds. The standard InChI is InChI=1S/C19H22N2O2S/c1-13(2)17(20-18(22)14-6-4-3-5-7-14)19(23)21-10-8-16-15(12-21)9-11-24-16/h3-7,9,11,13,17H,8,10,12H2,1-2H3,(H,20,22). The molecular weight excluding hydrogens is 320 g/mol. The molecule has 5 heteroatoms. The van der Waals surface area contributed by atoms with Gasteiger partial charge >= 0.3 is 0 Å². The summed E-state index contributed by atoms with van der Waals surface area (Å²) >= 11 is 1.75. The van der Waals surface area contributed by atoms with Gasteiger partial charge in [-0.1, -0.05) is 32.0 Å². The normalized spacial score (nSPS) is 15.0. The van der Waals surface area contributed by atoms with Gasteiger partial charge in [0, 0.05) is 23.5 Å². The number of hydrogen-bond donors (Lipinski definition) is 1. The van der Waals surface area contributed by atoms with Crippen molar-refractivity contribution < 1.29 is 9.59 Å². The van der Waals surface area contributed by atoms with Gasteiger partial charge in [0.15, 0.2) is 0 Å². The van der Waals surface area contributed by atoms with Crippen molar-refractivity contribution in [3.8, 4) is 0 Å². The van der Waals surface area contributed by atoms with Crippen molar-refractivity contribution in [2.75, 3.05) is 6.54 Å². The minimum atomic E-state index is -0.502. The fourth-order valence-electron chi connectivity index (χ4n) is 2.96. The van der Waals surface area contributed by atoms with Crippen molar-refractivity contribution in [1.82, 2.24) is 10.2 Å². The summed E-state index contributed by atoms with van der Waals surface area (Å²) in [6, 6.07) is 10.6. The van der Waals surface area contributed by atoms with E-state index in [9.17, 15) is 9.59 Å². The molecular formula is C19H22N2O2S. The Hall–Kier alpha value is -2.14. The lowest BCUT2D eigenvalue weighted by atomic mass is 10.0. The van der Waals surface area contributed by atoms with Crippen molar-refractivity contribution in [1.29, 1.82) is 0 Å². The van der Waals surface area contributed by atoms with Gasteiger partial charge in [0.1, 0.15) is 6.04 Å². The minimum absolute atomic E-state index is 0.00568. The Morgan fingerprint density at radius 2 is 1.92 bits per heavy atom. The van der Waals surface area contributed by atoms with E-state index in [0.29, 0.717) is 12.1 Å². The van der Waals surface area contributed by atoms with E-state index in [1.165, 1.54) is 10.4 Å². The summed E-state index contributed by atoms with van der Waals surface area (Å²) in [6.45, 7) is 5.29. The number of hydrogen-bond acceptors (Lipinski definition) is 3. The summed E-state index contributed by atoms with van der Waals surface area (Å²) in [4.78, 5) is 28.6. The molecule has 1 aliphatic heterocycles. The van der Waals surface area contributed by atoms with Crippen molar-refractivity contribution in [2.24, 2.45) is 5.92 Å². The molecule has 1 unspecified atom stereocenters. The molecule has 1 aromatic heterocycles. The van der Waals surface area contributed by atoms with Gasteiger partial charge in [-0.15, -0.1) is 11.3 Å². The summed E-state index contributed by atoms with van der Waals surface area (Å²) in [7, 11) is 0. The van der Waals surface area contributed by atoms with Gasteiger partial charge in [-0.05, 0) is 41.5 Å². The second-order valence-corrected chi connectivity index (χ2v) is 7.44. The smallest absolute Gasteiger partial charge is 0.251 e. The molecule has 4 nitrogen and oxygen atoms in total. The van der Waals surface area contributed by atoms with Crippen molar-refractivity contribution >= 4 is 23.2 Å². The molecule has 2 aromatic rings. The van der Waals surface area contributed by atoms with E-state index in [1.807, 2.05) is 36.9 Å². The molecule has 3 rings (SSSR count). The lowest BCUT2D eigenvalue weighted by Crippen LogP contribution is -2.52. The van der Waals surface area contributed by atoms with Crippen LogP contribution >= 0.6 is 11.3 Å². The average molecular weight is 342 g/mol. The first-order chi connectivity index (χ1) is 11.6. The zero-order valence-electron chi connectivity index (χ0n) is 14.0. The Bertz CT molecular complexity index is 724. The number of amides is 2. The molecule has 0 aliphatic carbocycles. The SMILES string of the molecule is CC(C)C(NC(=O)c1ccccc1)C(=O)N1CCc2sccc2C1. The highest BCUT2D eigenvalue weighted by Crippen LogP contribution is 2.25. The van der Waals surface area contributed by atoms with Crippen LogP contribution in [0.4, 0.5) is 0 Å². The van der Waals surface area contributed by atoms with Crippen LogP contribution in [0.1, 0.15) is 34.6 Å². The molecule has 0 bridgehead atoms. The maximum Gasteiger partial charge on any atom is 0.251 e. The van der Waals surface area contributed by atoms with Crippen LogP contribution in [0.15, 0.2) is 41.8 Å². The zero-order chi connectivity index (χ0) is 17.1. The number of rotatable bonds is 4. The van der Waals surface area contributed by atoms with Crippen molar-refractivity contribution in [2.45, 2.75) is 32.9 Å². The van der Waals surface area contributed by atoms with Gasteiger partial charge in [0.2, 0.25) is 5.91 Å². The third-order valence-corrected chi connectivity index (χ3v) is 5.40. The predicted octanol–water partition coefficient (Wildman–Crippen LogP) is 3.09. The lowest BCUT2D eigenvalue weighted by molar-refractivity contribution is -0.135.